The van der Waals surface area contributed by atoms with Gasteiger partial charge in [0.15, 0.2) is 0 Å². The fraction of sp³-hybridized carbons (Fsp3) is 1.00. The summed E-state index contributed by atoms with van der Waals surface area (Å²) >= 11 is 0. The average molecular weight is 209 g/mol. The number of hydrogen-bond acceptors (Lipinski definition) is 1. The van der Waals surface area contributed by atoms with Crippen LogP contribution in [0.1, 0.15) is 58.8 Å². The first kappa shape index (κ1) is 11.4. The van der Waals surface area contributed by atoms with E-state index in [0.717, 1.165) is 30.3 Å². The molecule has 0 aromatic heterocycles. The van der Waals surface area contributed by atoms with Crippen LogP contribution in [0.2, 0.25) is 0 Å². The Bertz CT molecular complexity index is 186. The molecule has 88 valence electrons. The molecule has 0 amide bonds. The highest BCUT2D eigenvalue weighted by molar-refractivity contribution is 4.89. The van der Waals surface area contributed by atoms with E-state index in [4.69, 9.17) is 0 Å². The zero-order valence-electron chi connectivity index (χ0n) is 10.5. The van der Waals surface area contributed by atoms with Gasteiger partial charge in [0.05, 0.1) is 0 Å². The lowest BCUT2D eigenvalue weighted by Gasteiger charge is -2.42. The van der Waals surface area contributed by atoms with Crippen molar-refractivity contribution in [3.63, 3.8) is 0 Å². The van der Waals surface area contributed by atoms with E-state index in [-0.39, 0.29) is 0 Å². The molecule has 0 aromatic carbocycles. The maximum Gasteiger partial charge on any atom is 0.0124 e. The molecular weight excluding hydrogens is 182 g/mol. The molecule has 0 aromatic rings. The SMILES string of the molecule is CCNC(C1CCC1)C1CCCC(C)C1. The Kier molecular flexibility index (Phi) is 4.07. The van der Waals surface area contributed by atoms with Crippen LogP contribution in [0, 0.1) is 17.8 Å². The van der Waals surface area contributed by atoms with Gasteiger partial charge in [0.1, 0.15) is 0 Å². The Morgan fingerprint density at radius 1 is 1.07 bits per heavy atom. The summed E-state index contributed by atoms with van der Waals surface area (Å²) in [5, 5.41) is 3.77. The lowest BCUT2D eigenvalue weighted by atomic mass is 9.69. The number of hydrogen-bond donors (Lipinski definition) is 1. The highest BCUT2D eigenvalue weighted by atomic mass is 14.9. The zero-order chi connectivity index (χ0) is 10.7. The van der Waals surface area contributed by atoms with Crippen LogP contribution in [0.15, 0.2) is 0 Å². The van der Waals surface area contributed by atoms with E-state index < -0.39 is 0 Å². The van der Waals surface area contributed by atoms with Crippen molar-refractivity contribution in [2.45, 2.75) is 64.8 Å². The predicted molar refractivity (Wildman–Crippen MR) is 65.9 cm³/mol. The molecule has 1 nitrogen and oxygen atoms in total. The molecule has 1 heteroatoms. The van der Waals surface area contributed by atoms with Crippen molar-refractivity contribution in [1.29, 1.82) is 0 Å². The van der Waals surface area contributed by atoms with Gasteiger partial charge in [-0.1, -0.05) is 33.1 Å². The van der Waals surface area contributed by atoms with Crippen molar-refractivity contribution in [2.75, 3.05) is 6.54 Å². The van der Waals surface area contributed by atoms with E-state index in [2.05, 4.69) is 19.2 Å². The smallest absolute Gasteiger partial charge is 0.0124 e. The third-order valence-corrected chi connectivity index (χ3v) is 4.58. The zero-order valence-corrected chi connectivity index (χ0v) is 10.5. The Balaban J connectivity index is 1.90. The van der Waals surface area contributed by atoms with Crippen LogP contribution in [0.4, 0.5) is 0 Å². The fourth-order valence-electron chi connectivity index (χ4n) is 3.56. The van der Waals surface area contributed by atoms with Crippen molar-refractivity contribution in [3.05, 3.63) is 0 Å². The lowest BCUT2D eigenvalue weighted by Crippen LogP contribution is -2.46. The summed E-state index contributed by atoms with van der Waals surface area (Å²) in [6.45, 7) is 5.86. The summed E-state index contributed by atoms with van der Waals surface area (Å²) in [6.07, 6.45) is 10.4. The van der Waals surface area contributed by atoms with Gasteiger partial charge in [0, 0.05) is 6.04 Å². The van der Waals surface area contributed by atoms with Gasteiger partial charge in [-0.3, -0.25) is 0 Å². The molecule has 0 bridgehead atoms. The molecule has 2 rings (SSSR count). The van der Waals surface area contributed by atoms with Gasteiger partial charge in [-0.15, -0.1) is 0 Å². The summed E-state index contributed by atoms with van der Waals surface area (Å²) in [6, 6.07) is 0.853. The first-order chi connectivity index (χ1) is 7.31. The second-order valence-corrected chi connectivity index (χ2v) is 5.81. The van der Waals surface area contributed by atoms with Crippen LogP contribution in [-0.2, 0) is 0 Å². The Labute approximate surface area is 95.0 Å². The van der Waals surface area contributed by atoms with Gasteiger partial charge < -0.3 is 5.32 Å². The van der Waals surface area contributed by atoms with E-state index in [9.17, 15) is 0 Å². The summed E-state index contributed by atoms with van der Waals surface area (Å²) in [5.74, 6) is 2.98. The molecule has 0 radical (unpaired) electrons. The average Bonchev–Trinajstić information content (AvgIpc) is 2.14. The maximum absolute atomic E-state index is 3.77. The van der Waals surface area contributed by atoms with Gasteiger partial charge >= 0.3 is 0 Å². The predicted octanol–water partition coefficient (Wildman–Crippen LogP) is 3.59. The van der Waals surface area contributed by atoms with E-state index >= 15 is 0 Å². The van der Waals surface area contributed by atoms with Crippen molar-refractivity contribution in [2.24, 2.45) is 17.8 Å². The van der Waals surface area contributed by atoms with Gasteiger partial charge in [-0.25, -0.2) is 0 Å². The summed E-state index contributed by atoms with van der Waals surface area (Å²) in [4.78, 5) is 0. The minimum atomic E-state index is 0.853. The second-order valence-electron chi connectivity index (χ2n) is 5.81. The minimum absolute atomic E-state index is 0.853. The van der Waals surface area contributed by atoms with Crippen LogP contribution in [-0.4, -0.2) is 12.6 Å². The quantitative estimate of drug-likeness (QED) is 0.746. The lowest BCUT2D eigenvalue weighted by molar-refractivity contribution is 0.131. The first-order valence-electron chi connectivity index (χ1n) is 7.04. The van der Waals surface area contributed by atoms with Crippen LogP contribution >= 0.6 is 0 Å². The van der Waals surface area contributed by atoms with Crippen LogP contribution < -0.4 is 5.32 Å². The molecular formula is C14H27N. The summed E-state index contributed by atoms with van der Waals surface area (Å²) < 4.78 is 0. The largest absolute Gasteiger partial charge is 0.314 e. The van der Waals surface area contributed by atoms with Crippen LogP contribution in [0.3, 0.4) is 0 Å². The van der Waals surface area contributed by atoms with E-state index in [1.807, 2.05) is 0 Å². The molecule has 15 heavy (non-hydrogen) atoms. The first-order valence-corrected chi connectivity index (χ1v) is 7.04. The van der Waals surface area contributed by atoms with Gasteiger partial charge in [-0.05, 0) is 50.0 Å². The highest BCUT2D eigenvalue weighted by Crippen LogP contribution is 2.39. The summed E-state index contributed by atoms with van der Waals surface area (Å²) in [7, 11) is 0. The van der Waals surface area contributed by atoms with Gasteiger partial charge in [-0.2, -0.15) is 0 Å². The van der Waals surface area contributed by atoms with Crippen LogP contribution in [0.5, 0.6) is 0 Å². The molecule has 2 aliphatic rings. The number of rotatable bonds is 4. The third-order valence-electron chi connectivity index (χ3n) is 4.58. The number of nitrogens with one attached hydrogen (secondary N) is 1. The minimum Gasteiger partial charge on any atom is -0.314 e. The third kappa shape index (κ3) is 2.75. The van der Waals surface area contributed by atoms with Crippen LogP contribution in [0.25, 0.3) is 0 Å². The monoisotopic (exact) mass is 209 g/mol. The molecule has 2 saturated carbocycles. The highest BCUT2D eigenvalue weighted by Gasteiger charge is 2.34. The molecule has 1 N–H and O–H groups in total. The molecule has 0 heterocycles. The van der Waals surface area contributed by atoms with Gasteiger partial charge in [0.25, 0.3) is 0 Å². The maximum atomic E-state index is 3.77. The Morgan fingerprint density at radius 2 is 1.73 bits per heavy atom. The van der Waals surface area contributed by atoms with E-state index in [1.54, 1.807) is 0 Å². The standard InChI is InChI=1S/C14H27N/c1-3-15-14(12-7-5-8-12)13-9-4-6-11(2)10-13/h11-15H,3-10H2,1-2H3. The molecule has 2 fully saturated rings. The second kappa shape index (κ2) is 5.34. The molecule has 0 spiro atoms. The molecule has 3 unspecified atom stereocenters. The van der Waals surface area contributed by atoms with Gasteiger partial charge in [0.2, 0.25) is 0 Å². The van der Waals surface area contributed by atoms with Crippen molar-refractivity contribution in [3.8, 4) is 0 Å². The normalized spacial score (nSPS) is 34.8. The molecule has 3 atom stereocenters. The van der Waals surface area contributed by atoms with E-state index in [0.29, 0.717) is 0 Å². The van der Waals surface area contributed by atoms with E-state index in [1.165, 1.54) is 44.9 Å². The Hall–Kier alpha value is -0.0400. The molecule has 0 aliphatic heterocycles. The molecule has 0 saturated heterocycles. The van der Waals surface area contributed by atoms with Crippen molar-refractivity contribution >= 4 is 0 Å². The van der Waals surface area contributed by atoms with Crippen molar-refractivity contribution < 1.29 is 0 Å². The summed E-state index contributed by atoms with van der Waals surface area (Å²) in [5.41, 5.74) is 0. The topological polar surface area (TPSA) is 12.0 Å². The molecule has 2 aliphatic carbocycles. The van der Waals surface area contributed by atoms with Crippen molar-refractivity contribution in [1.82, 2.24) is 5.32 Å². The Morgan fingerprint density at radius 3 is 2.27 bits per heavy atom. The fourth-order valence-corrected chi connectivity index (χ4v) is 3.56.